The molecule has 7 nitrogen and oxygen atoms in total. The lowest BCUT2D eigenvalue weighted by atomic mass is 10.2. The number of hydrogen-bond donors (Lipinski definition) is 2. The van der Waals surface area contributed by atoms with Gasteiger partial charge in [0.2, 0.25) is 5.95 Å². The molecule has 0 amide bonds. The van der Waals surface area contributed by atoms with Gasteiger partial charge in [-0.05, 0) is 26.2 Å². The van der Waals surface area contributed by atoms with Crippen molar-refractivity contribution in [2.75, 3.05) is 32.5 Å². The van der Waals surface area contributed by atoms with Crippen LogP contribution < -0.4 is 11.0 Å². The third kappa shape index (κ3) is 3.80. The third-order valence-electron chi connectivity index (χ3n) is 3.73. The zero-order valence-corrected chi connectivity index (χ0v) is 14.6. The monoisotopic (exact) mass is 364 g/mol. The number of anilines is 1. The Balaban J connectivity index is 1.94. The highest BCUT2D eigenvalue weighted by Gasteiger charge is 2.14. The van der Waals surface area contributed by atoms with Gasteiger partial charge in [0.05, 0.1) is 12.7 Å². The first-order chi connectivity index (χ1) is 12.0. The highest BCUT2D eigenvalue weighted by Crippen LogP contribution is 2.21. The van der Waals surface area contributed by atoms with Gasteiger partial charge in [-0.3, -0.25) is 4.57 Å². The molecule has 0 bridgehead atoms. The van der Waals surface area contributed by atoms with Crippen LogP contribution in [-0.2, 0) is 6.54 Å². The number of nitrogens with one attached hydrogen (secondary N) is 2. The summed E-state index contributed by atoms with van der Waals surface area (Å²) < 4.78 is 15.4. The van der Waals surface area contributed by atoms with E-state index in [9.17, 15) is 9.18 Å². The van der Waals surface area contributed by atoms with Crippen molar-refractivity contribution in [3.05, 3.63) is 51.3 Å². The van der Waals surface area contributed by atoms with Crippen molar-refractivity contribution in [1.82, 2.24) is 24.4 Å². The zero-order valence-electron chi connectivity index (χ0n) is 13.9. The molecule has 0 saturated carbocycles. The smallest absolute Gasteiger partial charge is 0.328 e. The van der Waals surface area contributed by atoms with Gasteiger partial charge < -0.3 is 15.2 Å². The molecular formula is C16H18ClFN6O. The standard InChI is InChI=1S/C16H18ClFN6O/c1-23(2)7-6-19-15-20-8-13-14(22-15)24(16(25)21-13)9-10-11(17)4-3-5-12(10)18/h3-5,8H,6-7,9H2,1-2H3,(H,21,25)(H,19,20,22). The number of hydrogen-bond acceptors (Lipinski definition) is 5. The summed E-state index contributed by atoms with van der Waals surface area (Å²) in [6, 6.07) is 4.42. The first kappa shape index (κ1) is 17.4. The van der Waals surface area contributed by atoms with E-state index in [1.54, 1.807) is 6.07 Å². The van der Waals surface area contributed by atoms with Crippen LogP contribution in [0.4, 0.5) is 10.3 Å². The summed E-state index contributed by atoms with van der Waals surface area (Å²) in [5.74, 6) is -0.0612. The molecule has 0 fully saturated rings. The minimum Gasteiger partial charge on any atom is -0.353 e. The lowest BCUT2D eigenvalue weighted by Crippen LogP contribution is -2.22. The topological polar surface area (TPSA) is 78.8 Å². The van der Waals surface area contributed by atoms with Crippen LogP contribution in [-0.4, -0.2) is 51.6 Å². The van der Waals surface area contributed by atoms with E-state index >= 15 is 0 Å². The molecule has 0 atom stereocenters. The SMILES string of the molecule is CN(C)CCNc1ncc2[nH]c(=O)n(Cc3c(F)cccc3Cl)c2n1. The molecule has 0 spiro atoms. The van der Waals surface area contributed by atoms with Gasteiger partial charge in [0.15, 0.2) is 5.65 Å². The van der Waals surface area contributed by atoms with Crippen molar-refractivity contribution < 1.29 is 4.39 Å². The number of halogens is 2. The van der Waals surface area contributed by atoms with Crippen LogP contribution >= 0.6 is 11.6 Å². The molecule has 0 aliphatic rings. The number of fused-ring (bicyclic) bond motifs is 1. The molecule has 2 heterocycles. The summed E-state index contributed by atoms with van der Waals surface area (Å²) in [4.78, 5) is 25.5. The summed E-state index contributed by atoms with van der Waals surface area (Å²) in [5, 5.41) is 3.36. The first-order valence-electron chi connectivity index (χ1n) is 7.73. The summed E-state index contributed by atoms with van der Waals surface area (Å²) >= 11 is 6.06. The van der Waals surface area contributed by atoms with Crippen LogP contribution in [0.3, 0.4) is 0 Å². The molecular weight excluding hydrogens is 347 g/mol. The Hall–Kier alpha value is -2.45. The second-order valence-corrected chi connectivity index (χ2v) is 6.28. The number of aromatic nitrogens is 4. The van der Waals surface area contributed by atoms with Crippen molar-refractivity contribution in [2.45, 2.75) is 6.54 Å². The van der Waals surface area contributed by atoms with Gasteiger partial charge in [-0.1, -0.05) is 17.7 Å². The van der Waals surface area contributed by atoms with Gasteiger partial charge in [-0.15, -0.1) is 0 Å². The summed E-state index contributed by atoms with van der Waals surface area (Å²) in [7, 11) is 3.93. The van der Waals surface area contributed by atoms with Gasteiger partial charge in [0, 0.05) is 23.7 Å². The molecule has 1 aromatic carbocycles. The van der Waals surface area contributed by atoms with E-state index in [0.717, 1.165) is 6.54 Å². The lowest BCUT2D eigenvalue weighted by Gasteiger charge is -2.10. The van der Waals surface area contributed by atoms with E-state index in [4.69, 9.17) is 11.6 Å². The van der Waals surface area contributed by atoms with Gasteiger partial charge >= 0.3 is 5.69 Å². The predicted molar refractivity (Wildman–Crippen MR) is 95.7 cm³/mol. The molecule has 0 saturated heterocycles. The van der Waals surface area contributed by atoms with Crippen LogP contribution in [0.5, 0.6) is 0 Å². The van der Waals surface area contributed by atoms with Crippen LogP contribution in [0.1, 0.15) is 5.56 Å². The van der Waals surface area contributed by atoms with Crippen molar-refractivity contribution in [1.29, 1.82) is 0 Å². The molecule has 3 rings (SSSR count). The molecule has 0 unspecified atom stereocenters. The predicted octanol–water partition coefficient (Wildman–Crippen LogP) is 1.93. The second kappa shape index (κ2) is 7.20. The van der Waals surface area contributed by atoms with Gasteiger partial charge in [-0.2, -0.15) is 4.98 Å². The number of benzene rings is 1. The van der Waals surface area contributed by atoms with Gasteiger partial charge in [-0.25, -0.2) is 14.2 Å². The van der Waals surface area contributed by atoms with Crippen LogP contribution in [0.25, 0.3) is 11.2 Å². The molecule has 9 heteroatoms. The largest absolute Gasteiger partial charge is 0.353 e. The summed E-state index contributed by atoms with van der Waals surface area (Å²) in [6.07, 6.45) is 1.53. The van der Waals surface area contributed by atoms with Gasteiger partial charge in [0.1, 0.15) is 11.3 Å². The number of likely N-dealkylation sites (N-methyl/N-ethyl adjacent to an activating group) is 1. The molecule has 0 aliphatic carbocycles. The van der Waals surface area contributed by atoms with E-state index in [2.05, 4.69) is 20.3 Å². The maximum atomic E-state index is 14.0. The van der Waals surface area contributed by atoms with Crippen molar-refractivity contribution in [3.63, 3.8) is 0 Å². The Morgan fingerprint density at radius 1 is 1.40 bits per heavy atom. The number of rotatable bonds is 6. The van der Waals surface area contributed by atoms with E-state index in [0.29, 0.717) is 23.7 Å². The molecule has 0 radical (unpaired) electrons. The first-order valence-corrected chi connectivity index (χ1v) is 8.10. The second-order valence-electron chi connectivity index (χ2n) is 5.88. The molecule has 132 valence electrons. The maximum Gasteiger partial charge on any atom is 0.328 e. The van der Waals surface area contributed by atoms with Crippen LogP contribution in [0.2, 0.25) is 5.02 Å². The van der Waals surface area contributed by atoms with E-state index < -0.39 is 11.5 Å². The maximum absolute atomic E-state index is 14.0. The van der Waals surface area contributed by atoms with Gasteiger partial charge in [0.25, 0.3) is 0 Å². The Morgan fingerprint density at radius 2 is 2.20 bits per heavy atom. The quantitative estimate of drug-likeness (QED) is 0.698. The fraction of sp³-hybridized carbons (Fsp3) is 0.312. The lowest BCUT2D eigenvalue weighted by molar-refractivity contribution is 0.425. The van der Waals surface area contributed by atoms with E-state index in [1.165, 1.54) is 22.9 Å². The average Bonchev–Trinajstić information content (AvgIpc) is 2.86. The fourth-order valence-electron chi connectivity index (χ4n) is 2.41. The number of H-pyrrole nitrogens is 1. The Labute approximate surface area is 148 Å². The van der Waals surface area contributed by atoms with E-state index in [-0.39, 0.29) is 17.1 Å². The molecule has 2 aromatic heterocycles. The highest BCUT2D eigenvalue weighted by atomic mass is 35.5. The van der Waals surface area contributed by atoms with Crippen LogP contribution in [0, 0.1) is 5.82 Å². The Morgan fingerprint density at radius 3 is 2.92 bits per heavy atom. The van der Waals surface area contributed by atoms with Crippen molar-refractivity contribution in [3.8, 4) is 0 Å². The van der Waals surface area contributed by atoms with Crippen molar-refractivity contribution in [2.24, 2.45) is 0 Å². The average molecular weight is 365 g/mol. The minimum absolute atomic E-state index is 0.0154. The Bertz CT molecular complexity index is 931. The van der Waals surface area contributed by atoms with Crippen molar-refractivity contribution >= 4 is 28.7 Å². The summed E-state index contributed by atoms with van der Waals surface area (Å²) in [6.45, 7) is 1.46. The summed E-state index contributed by atoms with van der Waals surface area (Å²) in [5.41, 5.74) is 0.726. The molecule has 3 aromatic rings. The zero-order chi connectivity index (χ0) is 18.0. The normalized spacial score (nSPS) is 11.4. The molecule has 0 aliphatic heterocycles. The molecule has 25 heavy (non-hydrogen) atoms. The number of imidazole rings is 1. The highest BCUT2D eigenvalue weighted by molar-refractivity contribution is 6.31. The minimum atomic E-state index is -0.466. The van der Waals surface area contributed by atoms with Crippen LogP contribution in [0.15, 0.2) is 29.2 Å². The molecule has 2 N–H and O–H groups in total. The Kier molecular flexibility index (Phi) is 5.00. The van der Waals surface area contributed by atoms with E-state index in [1.807, 2.05) is 19.0 Å². The number of nitrogens with zero attached hydrogens (tertiary/aromatic N) is 4. The number of aromatic amines is 1. The fourth-order valence-corrected chi connectivity index (χ4v) is 2.63. The third-order valence-corrected chi connectivity index (χ3v) is 4.09.